The molecule has 128 valence electrons. The molecule has 25 heavy (non-hydrogen) atoms. The van der Waals surface area contributed by atoms with Gasteiger partial charge in [-0.05, 0) is 53.8 Å². The Balaban J connectivity index is 1.73. The molecule has 2 aliphatic rings. The first-order valence-electron chi connectivity index (χ1n) is 8.59. The van der Waals surface area contributed by atoms with Crippen molar-refractivity contribution in [3.05, 3.63) is 77.1 Å². The van der Waals surface area contributed by atoms with Crippen LogP contribution in [0.25, 0.3) is 0 Å². The van der Waals surface area contributed by atoms with E-state index in [2.05, 4.69) is 17.5 Å². The minimum atomic E-state index is -0.215. The fraction of sp³-hybridized carbons (Fsp3) is 0.286. The topological polar surface area (TPSA) is 32.3 Å². The van der Waals surface area contributed by atoms with Crippen LogP contribution in [0.15, 0.2) is 54.6 Å². The van der Waals surface area contributed by atoms with E-state index in [-0.39, 0.29) is 23.7 Å². The number of halogens is 1. The highest BCUT2D eigenvalue weighted by Gasteiger charge is 2.38. The lowest BCUT2D eigenvalue weighted by molar-refractivity contribution is 0.0827. The van der Waals surface area contributed by atoms with E-state index in [1.807, 2.05) is 30.3 Å². The number of hydrogen-bond donors (Lipinski definition) is 1. The Morgan fingerprint density at radius 2 is 1.92 bits per heavy atom. The highest BCUT2D eigenvalue weighted by Crippen LogP contribution is 2.49. The van der Waals surface area contributed by atoms with Crippen molar-refractivity contribution < 1.29 is 9.18 Å². The van der Waals surface area contributed by atoms with Gasteiger partial charge in [0.25, 0.3) is 5.91 Å². The molecule has 1 N–H and O–H groups in total. The highest BCUT2D eigenvalue weighted by molar-refractivity contribution is 5.94. The first-order valence-corrected chi connectivity index (χ1v) is 8.59. The number of fused-ring (bicyclic) bond motifs is 3. The first-order chi connectivity index (χ1) is 12.0. The quantitative estimate of drug-likeness (QED) is 0.827. The van der Waals surface area contributed by atoms with Crippen LogP contribution in [-0.4, -0.2) is 24.9 Å². The third-order valence-corrected chi connectivity index (χ3v) is 5.25. The van der Waals surface area contributed by atoms with Gasteiger partial charge in [0.2, 0.25) is 0 Å². The number of nitrogens with one attached hydrogen (secondary N) is 1. The van der Waals surface area contributed by atoms with Gasteiger partial charge in [-0.25, -0.2) is 4.39 Å². The standard InChI is InChI=1S/C21H21FN2O/c1-24(2)21(25)14-8-11-19-18(12-14)16-4-3-5-17(16)20(23-19)13-6-9-15(22)10-7-13/h3-4,6-12,16-17,20,23H,5H2,1-2H3. The van der Waals surface area contributed by atoms with Gasteiger partial charge in [0.05, 0.1) is 6.04 Å². The summed E-state index contributed by atoms with van der Waals surface area (Å²) in [6.07, 6.45) is 5.43. The van der Waals surface area contributed by atoms with Crippen molar-refractivity contribution in [3.63, 3.8) is 0 Å². The van der Waals surface area contributed by atoms with E-state index in [9.17, 15) is 9.18 Å². The fourth-order valence-corrected chi connectivity index (χ4v) is 3.99. The van der Waals surface area contributed by atoms with Crippen LogP contribution in [0.2, 0.25) is 0 Å². The van der Waals surface area contributed by atoms with E-state index >= 15 is 0 Å². The van der Waals surface area contributed by atoms with Crippen LogP contribution >= 0.6 is 0 Å². The zero-order valence-electron chi connectivity index (χ0n) is 14.4. The van der Waals surface area contributed by atoms with Crippen molar-refractivity contribution in [1.29, 1.82) is 0 Å². The molecule has 4 rings (SSSR count). The molecular weight excluding hydrogens is 315 g/mol. The van der Waals surface area contributed by atoms with E-state index < -0.39 is 0 Å². The van der Waals surface area contributed by atoms with Gasteiger partial charge in [0, 0.05) is 31.3 Å². The molecule has 1 aliphatic carbocycles. The predicted octanol–water partition coefficient (Wildman–Crippen LogP) is 4.35. The molecule has 3 atom stereocenters. The molecule has 2 aromatic carbocycles. The molecule has 1 heterocycles. The summed E-state index contributed by atoms with van der Waals surface area (Å²) in [7, 11) is 3.53. The number of carbonyl (C=O) groups is 1. The number of rotatable bonds is 2. The number of nitrogens with zero attached hydrogens (tertiary/aromatic N) is 1. The van der Waals surface area contributed by atoms with Crippen molar-refractivity contribution in [2.45, 2.75) is 18.4 Å². The largest absolute Gasteiger partial charge is 0.378 e. The molecule has 2 aromatic rings. The number of carbonyl (C=O) groups excluding carboxylic acids is 1. The van der Waals surface area contributed by atoms with Crippen LogP contribution < -0.4 is 5.32 Å². The number of allylic oxidation sites excluding steroid dienone is 2. The molecular formula is C21H21FN2O. The summed E-state index contributed by atoms with van der Waals surface area (Å²) in [5, 5.41) is 3.61. The maximum absolute atomic E-state index is 13.3. The summed E-state index contributed by atoms with van der Waals surface area (Å²) in [4.78, 5) is 13.9. The molecule has 0 aromatic heterocycles. The van der Waals surface area contributed by atoms with Crippen LogP contribution in [0.1, 0.15) is 39.9 Å². The SMILES string of the molecule is CN(C)C(=O)c1ccc2c(c1)C1C=CCC1C(c1ccc(F)cc1)N2. The second kappa shape index (κ2) is 6.03. The van der Waals surface area contributed by atoms with Gasteiger partial charge >= 0.3 is 0 Å². The average molecular weight is 336 g/mol. The van der Waals surface area contributed by atoms with Gasteiger partial charge in [0.15, 0.2) is 0 Å². The maximum Gasteiger partial charge on any atom is 0.253 e. The second-order valence-corrected chi connectivity index (χ2v) is 7.03. The van der Waals surface area contributed by atoms with E-state index in [0.29, 0.717) is 11.5 Å². The van der Waals surface area contributed by atoms with E-state index in [0.717, 1.165) is 17.7 Å². The van der Waals surface area contributed by atoms with Crippen molar-refractivity contribution in [2.75, 3.05) is 19.4 Å². The van der Waals surface area contributed by atoms with Gasteiger partial charge in [0.1, 0.15) is 5.82 Å². The molecule has 0 radical (unpaired) electrons. The van der Waals surface area contributed by atoms with Gasteiger partial charge in [-0.2, -0.15) is 0 Å². The zero-order valence-corrected chi connectivity index (χ0v) is 14.4. The van der Waals surface area contributed by atoms with Crippen molar-refractivity contribution in [2.24, 2.45) is 5.92 Å². The summed E-state index contributed by atoms with van der Waals surface area (Å²) in [6.45, 7) is 0. The molecule has 0 saturated carbocycles. The third kappa shape index (κ3) is 2.72. The Hall–Kier alpha value is -2.62. The smallest absolute Gasteiger partial charge is 0.253 e. The Bertz CT molecular complexity index is 841. The Kier molecular flexibility index (Phi) is 3.83. The molecule has 3 unspecified atom stereocenters. The monoisotopic (exact) mass is 336 g/mol. The average Bonchev–Trinajstić information content (AvgIpc) is 3.10. The molecule has 0 saturated heterocycles. The lowest BCUT2D eigenvalue weighted by Crippen LogP contribution is -2.29. The summed E-state index contributed by atoms with van der Waals surface area (Å²) >= 11 is 0. The van der Waals surface area contributed by atoms with Gasteiger partial charge < -0.3 is 10.2 Å². The summed E-state index contributed by atoms with van der Waals surface area (Å²) in [6, 6.07) is 12.8. The van der Waals surface area contributed by atoms with E-state index in [1.54, 1.807) is 19.0 Å². The Morgan fingerprint density at radius 3 is 2.64 bits per heavy atom. The van der Waals surface area contributed by atoms with Crippen molar-refractivity contribution in [3.8, 4) is 0 Å². The summed E-state index contributed by atoms with van der Waals surface area (Å²) in [5.41, 5.74) is 4.03. The van der Waals surface area contributed by atoms with E-state index in [4.69, 9.17) is 0 Å². The van der Waals surface area contributed by atoms with Crippen LogP contribution in [-0.2, 0) is 0 Å². The van der Waals surface area contributed by atoms with E-state index in [1.165, 1.54) is 17.7 Å². The Labute approximate surface area is 147 Å². The van der Waals surface area contributed by atoms with Gasteiger partial charge in [-0.3, -0.25) is 4.79 Å². The normalized spacial score (nSPS) is 23.6. The number of hydrogen-bond acceptors (Lipinski definition) is 2. The van der Waals surface area contributed by atoms with Crippen LogP contribution in [0.5, 0.6) is 0 Å². The number of anilines is 1. The number of benzene rings is 2. The summed E-state index contributed by atoms with van der Waals surface area (Å²) in [5.74, 6) is 0.457. The molecule has 3 nitrogen and oxygen atoms in total. The molecule has 0 spiro atoms. The molecule has 4 heteroatoms. The predicted molar refractivity (Wildman–Crippen MR) is 97.2 cm³/mol. The van der Waals surface area contributed by atoms with Crippen molar-refractivity contribution in [1.82, 2.24) is 4.90 Å². The van der Waals surface area contributed by atoms with Crippen LogP contribution in [0.3, 0.4) is 0 Å². The molecule has 0 bridgehead atoms. The second-order valence-electron chi connectivity index (χ2n) is 7.03. The lowest BCUT2D eigenvalue weighted by Gasteiger charge is -2.37. The van der Waals surface area contributed by atoms with Crippen LogP contribution in [0.4, 0.5) is 10.1 Å². The molecule has 0 fully saturated rings. The Morgan fingerprint density at radius 1 is 1.16 bits per heavy atom. The molecule has 1 amide bonds. The van der Waals surface area contributed by atoms with Gasteiger partial charge in [-0.1, -0.05) is 24.3 Å². The van der Waals surface area contributed by atoms with Crippen molar-refractivity contribution >= 4 is 11.6 Å². The molecule has 1 aliphatic heterocycles. The minimum Gasteiger partial charge on any atom is -0.378 e. The third-order valence-electron chi connectivity index (χ3n) is 5.25. The highest BCUT2D eigenvalue weighted by atomic mass is 19.1. The zero-order chi connectivity index (χ0) is 17.6. The maximum atomic E-state index is 13.3. The number of amides is 1. The minimum absolute atomic E-state index is 0.0157. The summed E-state index contributed by atoms with van der Waals surface area (Å²) < 4.78 is 13.3. The van der Waals surface area contributed by atoms with Gasteiger partial charge in [-0.15, -0.1) is 0 Å². The first kappa shape index (κ1) is 15.9. The van der Waals surface area contributed by atoms with Crippen LogP contribution in [0, 0.1) is 11.7 Å². The fourth-order valence-electron chi connectivity index (χ4n) is 3.99. The lowest BCUT2D eigenvalue weighted by atomic mass is 9.76.